The molecule has 19 heavy (non-hydrogen) atoms. The summed E-state index contributed by atoms with van der Waals surface area (Å²) in [5.41, 5.74) is 9.01. The molecule has 0 spiro atoms. The van der Waals surface area contributed by atoms with E-state index in [4.69, 9.17) is 5.73 Å². The molecule has 1 rings (SSSR count). The average molecular weight is 327 g/mol. The van der Waals surface area contributed by atoms with Crippen molar-refractivity contribution in [3.05, 3.63) is 28.2 Å². The molecule has 0 aliphatic heterocycles. The minimum absolute atomic E-state index is 0.239. The van der Waals surface area contributed by atoms with Crippen LogP contribution in [0.25, 0.3) is 0 Å². The Morgan fingerprint density at radius 2 is 1.95 bits per heavy atom. The number of halogens is 1. The van der Waals surface area contributed by atoms with Gasteiger partial charge in [0, 0.05) is 29.8 Å². The number of anilines is 1. The summed E-state index contributed by atoms with van der Waals surface area (Å²) in [5, 5.41) is 0. The van der Waals surface area contributed by atoms with E-state index < -0.39 is 0 Å². The lowest BCUT2D eigenvalue weighted by Crippen LogP contribution is -2.30. The molecule has 0 radical (unpaired) electrons. The van der Waals surface area contributed by atoms with Crippen molar-refractivity contribution in [1.29, 1.82) is 0 Å². The normalized spacial score (nSPS) is 13.4. The summed E-state index contributed by atoms with van der Waals surface area (Å²) in [5.74, 6) is 0. The maximum Gasteiger partial charge on any atom is 0.0408 e. The molecule has 108 valence electrons. The Labute approximate surface area is 126 Å². The lowest BCUT2D eigenvalue weighted by molar-refractivity contribution is 0.418. The second-order valence-electron chi connectivity index (χ2n) is 6.56. The molecule has 2 N–H and O–H groups in total. The fraction of sp³-hybridized carbons (Fsp3) is 0.625. The van der Waals surface area contributed by atoms with Crippen LogP contribution in [-0.4, -0.2) is 19.6 Å². The Morgan fingerprint density at radius 1 is 1.32 bits per heavy atom. The number of hydrogen-bond acceptors (Lipinski definition) is 2. The SMILES string of the molecule is CCC(N)Cc1ccc(Br)cc1N(C)CC(C)(C)C. The van der Waals surface area contributed by atoms with Gasteiger partial charge in [0.05, 0.1) is 0 Å². The van der Waals surface area contributed by atoms with E-state index in [1.807, 2.05) is 0 Å². The summed E-state index contributed by atoms with van der Waals surface area (Å²) in [6.45, 7) is 9.96. The van der Waals surface area contributed by atoms with E-state index in [0.29, 0.717) is 0 Å². The fourth-order valence-electron chi connectivity index (χ4n) is 2.29. The van der Waals surface area contributed by atoms with Crippen molar-refractivity contribution in [3.8, 4) is 0 Å². The lowest BCUT2D eigenvalue weighted by atomic mass is 9.95. The molecule has 0 aromatic heterocycles. The topological polar surface area (TPSA) is 29.3 Å². The van der Waals surface area contributed by atoms with E-state index in [2.05, 4.69) is 73.8 Å². The van der Waals surface area contributed by atoms with Crippen LogP contribution in [0.3, 0.4) is 0 Å². The van der Waals surface area contributed by atoms with Gasteiger partial charge in [-0.05, 0) is 36.0 Å². The molecular formula is C16H27BrN2. The molecule has 0 aliphatic rings. The second-order valence-corrected chi connectivity index (χ2v) is 7.48. The monoisotopic (exact) mass is 326 g/mol. The van der Waals surface area contributed by atoms with Crippen LogP contribution in [0.4, 0.5) is 5.69 Å². The summed E-state index contributed by atoms with van der Waals surface area (Å²) < 4.78 is 1.12. The van der Waals surface area contributed by atoms with Crippen molar-refractivity contribution in [2.24, 2.45) is 11.1 Å². The summed E-state index contributed by atoms with van der Waals surface area (Å²) in [4.78, 5) is 2.34. The predicted molar refractivity (Wildman–Crippen MR) is 88.8 cm³/mol. The van der Waals surface area contributed by atoms with Crippen LogP contribution in [0, 0.1) is 5.41 Å². The number of benzene rings is 1. The molecule has 1 unspecified atom stereocenters. The smallest absolute Gasteiger partial charge is 0.0408 e. The highest BCUT2D eigenvalue weighted by Gasteiger charge is 2.17. The Hall–Kier alpha value is -0.540. The van der Waals surface area contributed by atoms with Gasteiger partial charge in [0.15, 0.2) is 0 Å². The van der Waals surface area contributed by atoms with E-state index in [1.54, 1.807) is 0 Å². The van der Waals surface area contributed by atoms with Gasteiger partial charge in [-0.15, -0.1) is 0 Å². The van der Waals surface area contributed by atoms with Crippen molar-refractivity contribution in [2.45, 2.75) is 46.6 Å². The van der Waals surface area contributed by atoms with Crippen LogP contribution < -0.4 is 10.6 Å². The molecule has 0 aliphatic carbocycles. The van der Waals surface area contributed by atoms with Gasteiger partial charge < -0.3 is 10.6 Å². The summed E-state index contributed by atoms with van der Waals surface area (Å²) in [6.07, 6.45) is 1.95. The van der Waals surface area contributed by atoms with Gasteiger partial charge >= 0.3 is 0 Å². The van der Waals surface area contributed by atoms with Gasteiger partial charge in [0.25, 0.3) is 0 Å². The van der Waals surface area contributed by atoms with Crippen LogP contribution in [-0.2, 0) is 6.42 Å². The minimum atomic E-state index is 0.239. The molecule has 0 saturated heterocycles. The van der Waals surface area contributed by atoms with Gasteiger partial charge in [0.1, 0.15) is 0 Å². The molecule has 0 saturated carbocycles. The van der Waals surface area contributed by atoms with Crippen molar-refractivity contribution >= 4 is 21.6 Å². The van der Waals surface area contributed by atoms with Crippen LogP contribution in [0.15, 0.2) is 22.7 Å². The third-order valence-electron chi connectivity index (χ3n) is 3.18. The zero-order valence-corrected chi connectivity index (χ0v) is 14.4. The largest absolute Gasteiger partial charge is 0.374 e. The van der Waals surface area contributed by atoms with E-state index >= 15 is 0 Å². The first-order chi connectivity index (χ1) is 8.73. The zero-order valence-electron chi connectivity index (χ0n) is 12.8. The van der Waals surface area contributed by atoms with Crippen LogP contribution in [0.1, 0.15) is 39.7 Å². The number of hydrogen-bond donors (Lipinski definition) is 1. The minimum Gasteiger partial charge on any atom is -0.374 e. The van der Waals surface area contributed by atoms with Crippen molar-refractivity contribution in [1.82, 2.24) is 0 Å². The Kier molecular flexibility index (Phi) is 5.87. The number of nitrogens with zero attached hydrogens (tertiary/aromatic N) is 1. The molecule has 3 heteroatoms. The highest BCUT2D eigenvalue weighted by Crippen LogP contribution is 2.28. The third kappa shape index (κ3) is 5.53. The molecular weight excluding hydrogens is 300 g/mol. The maximum atomic E-state index is 6.11. The van der Waals surface area contributed by atoms with Gasteiger partial charge in [-0.3, -0.25) is 0 Å². The summed E-state index contributed by atoms with van der Waals surface area (Å²) in [6, 6.07) is 6.73. The molecule has 1 aromatic carbocycles. The predicted octanol–water partition coefficient (Wildman–Crippen LogP) is 4.21. The van der Waals surface area contributed by atoms with E-state index in [9.17, 15) is 0 Å². The number of nitrogens with two attached hydrogens (primary N) is 1. The van der Waals surface area contributed by atoms with E-state index in [-0.39, 0.29) is 11.5 Å². The Morgan fingerprint density at radius 3 is 2.47 bits per heavy atom. The van der Waals surface area contributed by atoms with Crippen molar-refractivity contribution < 1.29 is 0 Å². The van der Waals surface area contributed by atoms with Gasteiger partial charge in [-0.1, -0.05) is 49.7 Å². The molecule has 1 atom stereocenters. The molecule has 0 bridgehead atoms. The Bertz CT molecular complexity index is 410. The van der Waals surface area contributed by atoms with E-state index in [0.717, 1.165) is 23.9 Å². The van der Waals surface area contributed by atoms with Crippen LogP contribution >= 0.6 is 15.9 Å². The first-order valence-corrected chi connectivity index (χ1v) is 7.77. The molecule has 2 nitrogen and oxygen atoms in total. The second kappa shape index (κ2) is 6.76. The zero-order chi connectivity index (χ0) is 14.6. The number of rotatable bonds is 5. The fourth-order valence-corrected chi connectivity index (χ4v) is 2.64. The molecule has 0 amide bonds. The van der Waals surface area contributed by atoms with Gasteiger partial charge in [-0.2, -0.15) is 0 Å². The highest BCUT2D eigenvalue weighted by atomic mass is 79.9. The highest BCUT2D eigenvalue weighted by molar-refractivity contribution is 9.10. The standard InChI is InChI=1S/C16H27BrN2/c1-6-14(18)9-12-7-8-13(17)10-15(12)19(5)11-16(2,3)4/h7-8,10,14H,6,9,11,18H2,1-5H3. The first kappa shape index (κ1) is 16.5. The first-order valence-electron chi connectivity index (χ1n) is 6.98. The van der Waals surface area contributed by atoms with Gasteiger partial charge in [-0.25, -0.2) is 0 Å². The maximum absolute atomic E-state index is 6.11. The van der Waals surface area contributed by atoms with Crippen molar-refractivity contribution in [2.75, 3.05) is 18.5 Å². The Balaban J connectivity index is 2.99. The molecule has 1 aromatic rings. The van der Waals surface area contributed by atoms with Crippen LogP contribution in [0.5, 0.6) is 0 Å². The summed E-state index contributed by atoms with van der Waals surface area (Å²) in [7, 11) is 2.16. The average Bonchev–Trinajstić information content (AvgIpc) is 2.29. The van der Waals surface area contributed by atoms with Gasteiger partial charge in [0.2, 0.25) is 0 Å². The molecule has 0 heterocycles. The quantitative estimate of drug-likeness (QED) is 0.878. The van der Waals surface area contributed by atoms with Crippen LogP contribution in [0.2, 0.25) is 0 Å². The third-order valence-corrected chi connectivity index (χ3v) is 3.67. The van der Waals surface area contributed by atoms with E-state index in [1.165, 1.54) is 11.3 Å². The molecule has 0 fully saturated rings. The van der Waals surface area contributed by atoms with Crippen molar-refractivity contribution in [3.63, 3.8) is 0 Å². The summed E-state index contributed by atoms with van der Waals surface area (Å²) >= 11 is 3.57. The lowest BCUT2D eigenvalue weighted by Gasteiger charge is -2.30.